The van der Waals surface area contributed by atoms with Crippen LogP contribution in [0.2, 0.25) is 0 Å². The molecule has 1 radical (unpaired) electrons. The van der Waals surface area contributed by atoms with E-state index in [-0.39, 0.29) is 0 Å². The molecule has 1 rings (SSSR count). The second kappa shape index (κ2) is 3.89. The highest BCUT2D eigenvalue weighted by molar-refractivity contribution is 4.79. The smallest absolute Gasteiger partial charge is 0.00178 e. The normalized spacial score (nSPS) is 28.3. The fourth-order valence-electron chi connectivity index (χ4n) is 1.41. The minimum atomic E-state index is 0.865. The first-order valence-electron chi connectivity index (χ1n) is 3.97. The minimum Gasteiger partial charge on any atom is -0.316 e. The third kappa shape index (κ3) is 2.35. The van der Waals surface area contributed by atoms with E-state index >= 15 is 0 Å². The molecule has 0 saturated carbocycles. The Hall–Kier alpha value is -0.0400. The van der Waals surface area contributed by atoms with Crippen LogP contribution in [0.1, 0.15) is 26.2 Å². The number of hydrogen-bond donors (Lipinski definition) is 1. The van der Waals surface area contributed by atoms with Crippen LogP contribution in [0.25, 0.3) is 0 Å². The minimum absolute atomic E-state index is 0.865. The average molecular weight is 126 g/mol. The van der Waals surface area contributed by atoms with Crippen molar-refractivity contribution in [2.75, 3.05) is 13.1 Å². The lowest BCUT2D eigenvalue weighted by Gasteiger charge is -2.21. The Morgan fingerprint density at radius 2 is 2.56 bits per heavy atom. The predicted octanol–water partition coefficient (Wildman–Crippen LogP) is 1.60. The van der Waals surface area contributed by atoms with Crippen LogP contribution in [0.15, 0.2) is 0 Å². The molecule has 53 valence electrons. The van der Waals surface area contributed by atoms with Crippen molar-refractivity contribution in [3.8, 4) is 0 Å². The van der Waals surface area contributed by atoms with Crippen LogP contribution in [0.4, 0.5) is 0 Å². The van der Waals surface area contributed by atoms with Gasteiger partial charge in [0.1, 0.15) is 0 Å². The van der Waals surface area contributed by atoms with Crippen LogP contribution in [-0.4, -0.2) is 13.1 Å². The molecule has 1 heteroatoms. The van der Waals surface area contributed by atoms with Crippen molar-refractivity contribution in [1.82, 2.24) is 5.32 Å². The third-order valence-electron chi connectivity index (χ3n) is 1.90. The van der Waals surface area contributed by atoms with Crippen LogP contribution in [-0.2, 0) is 0 Å². The van der Waals surface area contributed by atoms with Crippen LogP contribution in [0, 0.1) is 12.3 Å². The molecule has 1 saturated heterocycles. The SMILES string of the molecule is CC[CH]C1CCCNC1. The lowest BCUT2D eigenvalue weighted by atomic mass is 9.95. The van der Waals surface area contributed by atoms with E-state index in [2.05, 4.69) is 18.7 Å². The fraction of sp³-hybridized carbons (Fsp3) is 0.875. The molecular weight excluding hydrogens is 110 g/mol. The van der Waals surface area contributed by atoms with Gasteiger partial charge in [0.2, 0.25) is 0 Å². The molecule has 0 spiro atoms. The topological polar surface area (TPSA) is 12.0 Å². The molecule has 1 nitrogen and oxygen atoms in total. The van der Waals surface area contributed by atoms with Crippen molar-refractivity contribution in [3.05, 3.63) is 6.42 Å². The molecule has 1 unspecified atom stereocenters. The van der Waals surface area contributed by atoms with Crippen molar-refractivity contribution < 1.29 is 0 Å². The van der Waals surface area contributed by atoms with Gasteiger partial charge in [-0.2, -0.15) is 0 Å². The summed E-state index contributed by atoms with van der Waals surface area (Å²) in [6, 6.07) is 0. The van der Waals surface area contributed by atoms with Crippen molar-refractivity contribution in [1.29, 1.82) is 0 Å². The molecule has 0 bridgehead atoms. The standard InChI is InChI=1S/C8H16N/c1-2-4-8-5-3-6-9-7-8/h4,8-9H,2-3,5-7H2,1H3. The lowest BCUT2D eigenvalue weighted by molar-refractivity contribution is 0.411. The number of nitrogens with one attached hydrogen (secondary N) is 1. The first-order chi connectivity index (χ1) is 4.43. The maximum absolute atomic E-state index is 3.39. The highest BCUT2D eigenvalue weighted by atomic mass is 14.9. The molecule has 0 aliphatic carbocycles. The summed E-state index contributed by atoms with van der Waals surface area (Å²) in [6.45, 7) is 4.66. The Kier molecular flexibility index (Phi) is 3.05. The van der Waals surface area contributed by atoms with Crippen molar-refractivity contribution >= 4 is 0 Å². The quantitative estimate of drug-likeness (QED) is 0.592. The van der Waals surface area contributed by atoms with Gasteiger partial charge in [-0.05, 0) is 38.3 Å². The van der Waals surface area contributed by atoms with Crippen LogP contribution >= 0.6 is 0 Å². The third-order valence-corrected chi connectivity index (χ3v) is 1.90. The number of rotatable bonds is 2. The zero-order valence-electron chi connectivity index (χ0n) is 6.19. The highest BCUT2D eigenvalue weighted by Gasteiger charge is 2.10. The zero-order valence-corrected chi connectivity index (χ0v) is 6.19. The van der Waals surface area contributed by atoms with E-state index in [4.69, 9.17) is 0 Å². The van der Waals surface area contributed by atoms with Gasteiger partial charge < -0.3 is 5.32 Å². The Balaban J connectivity index is 2.08. The van der Waals surface area contributed by atoms with Crippen LogP contribution in [0.5, 0.6) is 0 Å². The molecule has 9 heavy (non-hydrogen) atoms. The Labute approximate surface area is 57.8 Å². The second-order valence-electron chi connectivity index (χ2n) is 2.75. The summed E-state index contributed by atoms with van der Waals surface area (Å²) in [5.41, 5.74) is 0. The van der Waals surface area contributed by atoms with Crippen LogP contribution in [0.3, 0.4) is 0 Å². The molecule has 1 N–H and O–H groups in total. The van der Waals surface area contributed by atoms with Gasteiger partial charge in [0.05, 0.1) is 0 Å². The van der Waals surface area contributed by atoms with Crippen molar-refractivity contribution in [3.63, 3.8) is 0 Å². The monoisotopic (exact) mass is 126 g/mol. The van der Waals surface area contributed by atoms with Gasteiger partial charge in [-0.15, -0.1) is 0 Å². The van der Waals surface area contributed by atoms with E-state index in [1.807, 2.05) is 0 Å². The molecule has 1 aliphatic rings. The number of piperidine rings is 1. The van der Waals surface area contributed by atoms with E-state index in [0.717, 1.165) is 5.92 Å². The van der Waals surface area contributed by atoms with Gasteiger partial charge in [-0.25, -0.2) is 0 Å². The molecular formula is C8H16N. The summed E-state index contributed by atoms with van der Waals surface area (Å²) in [4.78, 5) is 0. The molecule has 0 aromatic carbocycles. The van der Waals surface area contributed by atoms with E-state index in [1.54, 1.807) is 0 Å². The van der Waals surface area contributed by atoms with Crippen LogP contribution < -0.4 is 5.32 Å². The highest BCUT2D eigenvalue weighted by Crippen LogP contribution is 2.13. The van der Waals surface area contributed by atoms with Gasteiger partial charge in [-0.3, -0.25) is 0 Å². The summed E-state index contributed by atoms with van der Waals surface area (Å²) in [7, 11) is 0. The van der Waals surface area contributed by atoms with E-state index in [9.17, 15) is 0 Å². The van der Waals surface area contributed by atoms with Gasteiger partial charge >= 0.3 is 0 Å². The zero-order chi connectivity index (χ0) is 6.53. The molecule has 0 aromatic heterocycles. The van der Waals surface area contributed by atoms with Gasteiger partial charge in [0, 0.05) is 0 Å². The summed E-state index contributed by atoms with van der Waals surface area (Å²) in [6.07, 6.45) is 6.42. The maximum Gasteiger partial charge on any atom is -0.00178 e. The fourth-order valence-corrected chi connectivity index (χ4v) is 1.41. The molecule has 1 atom stereocenters. The van der Waals surface area contributed by atoms with Gasteiger partial charge in [-0.1, -0.05) is 13.3 Å². The Bertz CT molecular complexity index is 62.2. The largest absolute Gasteiger partial charge is 0.316 e. The molecule has 0 amide bonds. The first-order valence-corrected chi connectivity index (χ1v) is 3.97. The molecule has 1 fully saturated rings. The Morgan fingerprint density at radius 3 is 3.11 bits per heavy atom. The van der Waals surface area contributed by atoms with Crippen molar-refractivity contribution in [2.24, 2.45) is 5.92 Å². The molecule has 1 aliphatic heterocycles. The average Bonchev–Trinajstić information content (AvgIpc) is 1.91. The Morgan fingerprint density at radius 1 is 1.67 bits per heavy atom. The van der Waals surface area contributed by atoms with Gasteiger partial charge in [0.25, 0.3) is 0 Å². The van der Waals surface area contributed by atoms with Gasteiger partial charge in [0.15, 0.2) is 0 Å². The van der Waals surface area contributed by atoms with E-state index in [1.165, 1.54) is 32.4 Å². The summed E-state index contributed by atoms with van der Waals surface area (Å²) >= 11 is 0. The van der Waals surface area contributed by atoms with Crippen molar-refractivity contribution in [2.45, 2.75) is 26.2 Å². The van der Waals surface area contributed by atoms with E-state index < -0.39 is 0 Å². The second-order valence-corrected chi connectivity index (χ2v) is 2.75. The maximum atomic E-state index is 3.39. The molecule has 1 heterocycles. The molecule has 0 aromatic rings. The number of hydrogen-bond acceptors (Lipinski definition) is 1. The first kappa shape index (κ1) is 7.07. The lowest BCUT2D eigenvalue weighted by Crippen LogP contribution is -2.29. The predicted molar refractivity (Wildman–Crippen MR) is 40.2 cm³/mol. The van der Waals surface area contributed by atoms with E-state index in [0.29, 0.717) is 0 Å². The summed E-state index contributed by atoms with van der Waals surface area (Å²) in [5.74, 6) is 0.865. The summed E-state index contributed by atoms with van der Waals surface area (Å²) in [5, 5.41) is 3.39. The summed E-state index contributed by atoms with van der Waals surface area (Å²) < 4.78 is 0.